The standard InChI is InChI=1S/C17H15BrN2O2S2/c1-11-4-5-14(13(18)7-11)20-16(21)10-23-8-12-9-24-17(19-12)15-3-2-6-22-15/h2-7,9H,8,10H2,1H3,(H,20,21). The molecule has 2 heterocycles. The van der Waals surface area contributed by atoms with E-state index in [9.17, 15) is 4.79 Å². The molecule has 0 atom stereocenters. The lowest BCUT2D eigenvalue weighted by atomic mass is 10.2. The zero-order valence-electron chi connectivity index (χ0n) is 12.9. The van der Waals surface area contributed by atoms with Crippen molar-refractivity contribution in [2.75, 3.05) is 11.1 Å². The van der Waals surface area contributed by atoms with Gasteiger partial charge in [-0.2, -0.15) is 0 Å². The summed E-state index contributed by atoms with van der Waals surface area (Å²) in [4.78, 5) is 16.6. The van der Waals surface area contributed by atoms with E-state index in [1.807, 2.05) is 42.6 Å². The monoisotopic (exact) mass is 422 g/mol. The smallest absolute Gasteiger partial charge is 0.234 e. The van der Waals surface area contributed by atoms with E-state index < -0.39 is 0 Å². The predicted molar refractivity (Wildman–Crippen MR) is 103 cm³/mol. The van der Waals surface area contributed by atoms with E-state index >= 15 is 0 Å². The zero-order valence-corrected chi connectivity index (χ0v) is 16.1. The van der Waals surface area contributed by atoms with Crippen molar-refractivity contribution in [2.45, 2.75) is 12.7 Å². The molecular formula is C17H15BrN2O2S2. The number of benzene rings is 1. The number of hydrogen-bond donors (Lipinski definition) is 1. The van der Waals surface area contributed by atoms with Crippen LogP contribution in [0.2, 0.25) is 0 Å². The number of carbonyl (C=O) groups is 1. The first-order valence-electron chi connectivity index (χ1n) is 7.24. The fourth-order valence-corrected chi connectivity index (χ4v) is 4.24. The van der Waals surface area contributed by atoms with Gasteiger partial charge < -0.3 is 9.73 Å². The van der Waals surface area contributed by atoms with Crippen molar-refractivity contribution in [1.82, 2.24) is 4.98 Å². The van der Waals surface area contributed by atoms with Gasteiger partial charge in [0.25, 0.3) is 0 Å². The largest absolute Gasteiger partial charge is 0.462 e. The van der Waals surface area contributed by atoms with Crippen LogP contribution in [0.4, 0.5) is 5.69 Å². The van der Waals surface area contributed by atoms with Crippen molar-refractivity contribution < 1.29 is 9.21 Å². The average molecular weight is 423 g/mol. The quantitative estimate of drug-likeness (QED) is 0.581. The Labute approximate surface area is 156 Å². The number of amides is 1. The second-order valence-electron chi connectivity index (χ2n) is 5.15. The van der Waals surface area contributed by atoms with Crippen molar-refractivity contribution in [3.8, 4) is 10.8 Å². The molecule has 0 bridgehead atoms. The Bertz CT molecular complexity index is 831. The Morgan fingerprint density at radius 2 is 2.29 bits per heavy atom. The molecule has 24 heavy (non-hydrogen) atoms. The van der Waals surface area contributed by atoms with E-state index in [-0.39, 0.29) is 5.91 Å². The van der Waals surface area contributed by atoms with E-state index in [2.05, 4.69) is 26.2 Å². The molecule has 7 heteroatoms. The van der Waals surface area contributed by atoms with Crippen LogP contribution in [-0.4, -0.2) is 16.6 Å². The summed E-state index contributed by atoms with van der Waals surface area (Å²) in [7, 11) is 0. The van der Waals surface area contributed by atoms with Crippen LogP contribution in [0.1, 0.15) is 11.3 Å². The highest BCUT2D eigenvalue weighted by molar-refractivity contribution is 9.10. The van der Waals surface area contributed by atoms with Crippen LogP contribution in [-0.2, 0) is 10.5 Å². The number of thioether (sulfide) groups is 1. The number of halogens is 1. The SMILES string of the molecule is Cc1ccc(NC(=O)CSCc2csc(-c3ccco3)n2)c(Br)c1. The molecule has 124 valence electrons. The fourth-order valence-electron chi connectivity index (χ4n) is 2.04. The molecule has 4 nitrogen and oxygen atoms in total. The summed E-state index contributed by atoms with van der Waals surface area (Å²) in [6, 6.07) is 9.59. The Hall–Kier alpha value is -1.57. The number of carbonyl (C=O) groups excluding carboxylic acids is 1. The van der Waals surface area contributed by atoms with Gasteiger partial charge in [0.1, 0.15) is 0 Å². The van der Waals surface area contributed by atoms with Crippen LogP contribution < -0.4 is 5.32 Å². The van der Waals surface area contributed by atoms with Crippen LogP contribution in [0.3, 0.4) is 0 Å². The Balaban J connectivity index is 1.48. The predicted octanol–water partition coefficient (Wildman–Crippen LogP) is 5.35. The van der Waals surface area contributed by atoms with Crippen molar-refractivity contribution in [1.29, 1.82) is 0 Å². The van der Waals surface area contributed by atoms with E-state index in [0.29, 0.717) is 11.5 Å². The first-order chi connectivity index (χ1) is 11.6. The van der Waals surface area contributed by atoms with Crippen molar-refractivity contribution in [3.05, 3.63) is 57.7 Å². The molecule has 2 aromatic heterocycles. The number of rotatable bonds is 6. The molecule has 1 N–H and O–H groups in total. The van der Waals surface area contributed by atoms with E-state index in [0.717, 1.165) is 32.2 Å². The minimum Gasteiger partial charge on any atom is -0.462 e. The van der Waals surface area contributed by atoms with Gasteiger partial charge in [-0.1, -0.05) is 6.07 Å². The Morgan fingerprint density at radius 1 is 1.42 bits per heavy atom. The Morgan fingerprint density at radius 3 is 3.04 bits per heavy atom. The highest BCUT2D eigenvalue weighted by Crippen LogP contribution is 2.26. The van der Waals surface area contributed by atoms with Crippen molar-refractivity contribution in [2.24, 2.45) is 0 Å². The maximum Gasteiger partial charge on any atom is 0.234 e. The molecule has 0 fully saturated rings. The number of hydrogen-bond acceptors (Lipinski definition) is 5. The summed E-state index contributed by atoms with van der Waals surface area (Å²) in [5, 5.41) is 5.78. The van der Waals surface area contributed by atoms with Gasteiger partial charge in [0.2, 0.25) is 5.91 Å². The highest BCUT2D eigenvalue weighted by Gasteiger charge is 2.09. The van der Waals surface area contributed by atoms with Crippen LogP contribution in [0, 0.1) is 6.92 Å². The highest BCUT2D eigenvalue weighted by atomic mass is 79.9. The maximum absolute atomic E-state index is 12.0. The lowest BCUT2D eigenvalue weighted by molar-refractivity contribution is -0.113. The molecule has 0 aliphatic heterocycles. The summed E-state index contributed by atoms with van der Waals surface area (Å²) >= 11 is 6.55. The van der Waals surface area contributed by atoms with Crippen molar-refractivity contribution in [3.63, 3.8) is 0 Å². The van der Waals surface area contributed by atoms with Crippen LogP contribution in [0.25, 0.3) is 10.8 Å². The van der Waals surface area contributed by atoms with Gasteiger partial charge in [0.15, 0.2) is 10.8 Å². The minimum absolute atomic E-state index is 0.0222. The average Bonchev–Trinajstić information content (AvgIpc) is 3.21. The summed E-state index contributed by atoms with van der Waals surface area (Å²) in [5.41, 5.74) is 2.89. The van der Waals surface area contributed by atoms with E-state index in [1.54, 1.807) is 17.6 Å². The van der Waals surface area contributed by atoms with Gasteiger partial charge in [-0.15, -0.1) is 23.1 Å². The number of anilines is 1. The third-order valence-corrected chi connectivity index (χ3v) is 5.69. The Kier molecular flexibility index (Phi) is 5.76. The number of aromatic nitrogens is 1. The summed E-state index contributed by atoms with van der Waals surface area (Å²) in [6.07, 6.45) is 1.64. The molecule has 0 aliphatic rings. The lowest BCUT2D eigenvalue weighted by Crippen LogP contribution is -2.14. The van der Waals surface area contributed by atoms with Crippen LogP contribution >= 0.6 is 39.0 Å². The first kappa shape index (κ1) is 17.3. The molecule has 0 saturated heterocycles. The summed E-state index contributed by atoms with van der Waals surface area (Å²) in [5.74, 6) is 1.83. The molecule has 0 spiro atoms. The van der Waals surface area contributed by atoms with Gasteiger partial charge in [0.05, 0.1) is 23.4 Å². The second-order valence-corrected chi connectivity index (χ2v) is 7.84. The number of nitrogens with one attached hydrogen (secondary N) is 1. The van der Waals surface area contributed by atoms with E-state index in [1.165, 1.54) is 11.8 Å². The topological polar surface area (TPSA) is 55.1 Å². The molecule has 1 amide bonds. The minimum atomic E-state index is -0.0222. The molecule has 0 radical (unpaired) electrons. The van der Waals surface area contributed by atoms with Gasteiger partial charge in [-0.3, -0.25) is 4.79 Å². The number of thiazole rings is 1. The molecule has 0 saturated carbocycles. The summed E-state index contributed by atoms with van der Waals surface area (Å²) in [6.45, 7) is 2.01. The first-order valence-corrected chi connectivity index (χ1v) is 10.1. The normalized spacial score (nSPS) is 10.8. The second kappa shape index (κ2) is 8.00. The number of furan rings is 1. The number of nitrogens with zero attached hydrogens (tertiary/aromatic N) is 1. The molecule has 0 unspecified atom stereocenters. The molecule has 1 aromatic carbocycles. The third kappa shape index (κ3) is 4.49. The zero-order chi connectivity index (χ0) is 16.9. The third-order valence-electron chi connectivity index (χ3n) is 3.17. The van der Waals surface area contributed by atoms with Gasteiger partial charge >= 0.3 is 0 Å². The maximum atomic E-state index is 12.0. The van der Waals surface area contributed by atoms with Crippen molar-refractivity contribution >= 4 is 50.6 Å². The molecule has 3 aromatic rings. The van der Waals surface area contributed by atoms with Crippen LogP contribution in [0.5, 0.6) is 0 Å². The lowest BCUT2D eigenvalue weighted by Gasteiger charge is -2.07. The molecule has 0 aliphatic carbocycles. The number of aryl methyl sites for hydroxylation is 1. The van der Waals surface area contributed by atoms with Gasteiger partial charge in [-0.25, -0.2) is 4.98 Å². The summed E-state index contributed by atoms with van der Waals surface area (Å²) < 4.78 is 6.23. The van der Waals surface area contributed by atoms with Crippen LogP contribution in [0.15, 0.2) is 50.9 Å². The molecular weight excluding hydrogens is 408 g/mol. The molecule has 3 rings (SSSR count). The van der Waals surface area contributed by atoms with Gasteiger partial charge in [0, 0.05) is 15.6 Å². The fraction of sp³-hybridized carbons (Fsp3) is 0.176. The van der Waals surface area contributed by atoms with Gasteiger partial charge in [-0.05, 0) is 52.7 Å². The van der Waals surface area contributed by atoms with E-state index in [4.69, 9.17) is 4.42 Å².